The summed E-state index contributed by atoms with van der Waals surface area (Å²) in [4.78, 5) is 0. The molecule has 0 saturated heterocycles. The Morgan fingerprint density at radius 1 is 1.29 bits per heavy atom. The fourth-order valence-corrected chi connectivity index (χ4v) is 2.26. The Balaban J connectivity index is 2.10. The Kier molecular flexibility index (Phi) is 4.22. The van der Waals surface area contributed by atoms with E-state index in [1.54, 1.807) is 5.57 Å². The normalized spacial score (nSPS) is 18.6. The SMILES string of the molecule is C=C(CCCCC(C)C)C1(CC)CC1. The van der Waals surface area contributed by atoms with Crippen LogP contribution in [0.25, 0.3) is 0 Å². The summed E-state index contributed by atoms with van der Waals surface area (Å²) < 4.78 is 0. The van der Waals surface area contributed by atoms with Gasteiger partial charge < -0.3 is 0 Å². The van der Waals surface area contributed by atoms with E-state index in [-0.39, 0.29) is 0 Å². The van der Waals surface area contributed by atoms with E-state index in [1.165, 1.54) is 44.9 Å². The predicted octanol–water partition coefficient (Wildman–Crippen LogP) is 4.95. The number of allylic oxidation sites excluding steroid dienone is 1. The van der Waals surface area contributed by atoms with Crippen molar-refractivity contribution in [2.75, 3.05) is 0 Å². The Bertz CT molecular complexity index is 184. The lowest BCUT2D eigenvalue weighted by Crippen LogP contribution is -2.02. The minimum atomic E-state index is 0.595. The molecule has 82 valence electrons. The summed E-state index contributed by atoms with van der Waals surface area (Å²) in [5.74, 6) is 0.865. The molecule has 0 spiro atoms. The number of hydrogen-bond acceptors (Lipinski definition) is 0. The van der Waals surface area contributed by atoms with Crippen molar-refractivity contribution in [3.8, 4) is 0 Å². The summed E-state index contributed by atoms with van der Waals surface area (Å²) in [6.07, 6.45) is 9.54. The molecule has 0 amide bonds. The molecule has 0 atom stereocenters. The van der Waals surface area contributed by atoms with Gasteiger partial charge in [0.1, 0.15) is 0 Å². The van der Waals surface area contributed by atoms with Gasteiger partial charge in [-0.05, 0) is 43.4 Å². The lowest BCUT2D eigenvalue weighted by molar-refractivity contribution is 0.508. The fourth-order valence-electron chi connectivity index (χ4n) is 2.26. The van der Waals surface area contributed by atoms with E-state index >= 15 is 0 Å². The molecular weight excluding hydrogens is 168 g/mol. The zero-order valence-corrected chi connectivity index (χ0v) is 10.2. The molecular formula is C14H26. The van der Waals surface area contributed by atoms with E-state index < -0.39 is 0 Å². The minimum absolute atomic E-state index is 0.595. The monoisotopic (exact) mass is 194 g/mol. The van der Waals surface area contributed by atoms with Crippen LogP contribution in [0.2, 0.25) is 0 Å². The molecule has 0 aromatic rings. The first-order chi connectivity index (χ1) is 6.60. The van der Waals surface area contributed by atoms with Crippen LogP contribution in [0.15, 0.2) is 12.2 Å². The van der Waals surface area contributed by atoms with Crippen molar-refractivity contribution in [1.82, 2.24) is 0 Å². The van der Waals surface area contributed by atoms with Gasteiger partial charge in [-0.25, -0.2) is 0 Å². The van der Waals surface area contributed by atoms with Crippen LogP contribution in [0.3, 0.4) is 0 Å². The highest BCUT2D eigenvalue weighted by atomic mass is 14.5. The molecule has 0 bridgehead atoms. The summed E-state index contributed by atoms with van der Waals surface area (Å²) >= 11 is 0. The second-order valence-electron chi connectivity index (χ2n) is 5.38. The molecule has 0 nitrogen and oxygen atoms in total. The van der Waals surface area contributed by atoms with Crippen LogP contribution in [0.1, 0.15) is 65.7 Å². The molecule has 1 aliphatic rings. The Morgan fingerprint density at radius 3 is 2.36 bits per heavy atom. The molecule has 1 aliphatic carbocycles. The Labute approximate surface area is 89.8 Å². The van der Waals surface area contributed by atoms with Crippen LogP contribution in [0.5, 0.6) is 0 Å². The maximum atomic E-state index is 4.28. The lowest BCUT2D eigenvalue weighted by atomic mass is 9.90. The second-order valence-corrected chi connectivity index (χ2v) is 5.38. The zero-order valence-electron chi connectivity index (χ0n) is 10.2. The maximum Gasteiger partial charge on any atom is -0.00927 e. The van der Waals surface area contributed by atoms with E-state index in [9.17, 15) is 0 Å². The highest BCUT2D eigenvalue weighted by Crippen LogP contribution is 2.55. The molecule has 1 saturated carbocycles. The van der Waals surface area contributed by atoms with Crippen LogP contribution < -0.4 is 0 Å². The summed E-state index contributed by atoms with van der Waals surface area (Å²) in [6.45, 7) is 11.2. The fraction of sp³-hybridized carbons (Fsp3) is 0.857. The van der Waals surface area contributed by atoms with Gasteiger partial charge in [-0.2, -0.15) is 0 Å². The predicted molar refractivity (Wildman–Crippen MR) is 64.4 cm³/mol. The third-order valence-electron chi connectivity index (χ3n) is 3.79. The molecule has 0 heterocycles. The van der Waals surface area contributed by atoms with E-state index in [0.717, 1.165) is 5.92 Å². The van der Waals surface area contributed by atoms with Gasteiger partial charge in [0, 0.05) is 0 Å². The maximum absolute atomic E-state index is 4.28. The molecule has 0 N–H and O–H groups in total. The first kappa shape index (κ1) is 11.8. The van der Waals surface area contributed by atoms with Crippen molar-refractivity contribution < 1.29 is 0 Å². The molecule has 14 heavy (non-hydrogen) atoms. The van der Waals surface area contributed by atoms with Crippen molar-refractivity contribution >= 4 is 0 Å². The number of rotatable bonds is 7. The Hall–Kier alpha value is -0.260. The van der Waals surface area contributed by atoms with Crippen LogP contribution in [-0.2, 0) is 0 Å². The van der Waals surface area contributed by atoms with E-state index in [2.05, 4.69) is 27.4 Å². The summed E-state index contributed by atoms with van der Waals surface area (Å²) in [6, 6.07) is 0. The first-order valence-electron chi connectivity index (χ1n) is 6.29. The summed E-state index contributed by atoms with van der Waals surface area (Å²) in [7, 11) is 0. The van der Waals surface area contributed by atoms with Crippen LogP contribution >= 0.6 is 0 Å². The highest BCUT2D eigenvalue weighted by molar-refractivity contribution is 5.18. The molecule has 0 unspecified atom stereocenters. The molecule has 0 aliphatic heterocycles. The second kappa shape index (κ2) is 5.00. The van der Waals surface area contributed by atoms with Gasteiger partial charge in [0.05, 0.1) is 0 Å². The van der Waals surface area contributed by atoms with Gasteiger partial charge in [-0.3, -0.25) is 0 Å². The van der Waals surface area contributed by atoms with Gasteiger partial charge in [0.2, 0.25) is 0 Å². The molecule has 0 heteroatoms. The molecule has 1 rings (SSSR count). The third-order valence-corrected chi connectivity index (χ3v) is 3.79. The van der Waals surface area contributed by atoms with Gasteiger partial charge in [0.25, 0.3) is 0 Å². The first-order valence-corrected chi connectivity index (χ1v) is 6.29. The molecule has 0 aromatic carbocycles. The van der Waals surface area contributed by atoms with Crippen LogP contribution in [0, 0.1) is 11.3 Å². The van der Waals surface area contributed by atoms with Crippen LogP contribution in [0.4, 0.5) is 0 Å². The molecule has 0 aromatic heterocycles. The van der Waals surface area contributed by atoms with Gasteiger partial charge in [-0.15, -0.1) is 0 Å². The van der Waals surface area contributed by atoms with Crippen molar-refractivity contribution in [1.29, 1.82) is 0 Å². The van der Waals surface area contributed by atoms with Gasteiger partial charge >= 0.3 is 0 Å². The van der Waals surface area contributed by atoms with Crippen molar-refractivity contribution in [2.24, 2.45) is 11.3 Å². The molecule has 1 fully saturated rings. The largest absolute Gasteiger partial charge is 0.0993 e. The average molecular weight is 194 g/mol. The zero-order chi connectivity index (χ0) is 10.6. The average Bonchev–Trinajstić information content (AvgIpc) is 2.92. The van der Waals surface area contributed by atoms with Crippen molar-refractivity contribution in [2.45, 2.75) is 65.7 Å². The van der Waals surface area contributed by atoms with Gasteiger partial charge in [0.15, 0.2) is 0 Å². The van der Waals surface area contributed by atoms with E-state index in [1.807, 2.05) is 0 Å². The van der Waals surface area contributed by atoms with Crippen molar-refractivity contribution in [3.05, 3.63) is 12.2 Å². The summed E-state index contributed by atoms with van der Waals surface area (Å²) in [5, 5.41) is 0. The highest BCUT2D eigenvalue weighted by Gasteiger charge is 2.42. The minimum Gasteiger partial charge on any atom is -0.0993 e. The lowest BCUT2D eigenvalue weighted by Gasteiger charge is -2.16. The molecule has 0 radical (unpaired) electrons. The number of unbranched alkanes of at least 4 members (excludes halogenated alkanes) is 1. The quantitative estimate of drug-likeness (QED) is 0.397. The third kappa shape index (κ3) is 3.15. The van der Waals surface area contributed by atoms with E-state index in [0.29, 0.717) is 5.41 Å². The standard InChI is InChI=1S/C14H26/c1-5-14(10-11-14)13(4)9-7-6-8-12(2)3/h12H,4-11H2,1-3H3. The number of hydrogen-bond donors (Lipinski definition) is 0. The topological polar surface area (TPSA) is 0 Å². The Morgan fingerprint density at radius 2 is 1.93 bits per heavy atom. The van der Waals surface area contributed by atoms with Crippen molar-refractivity contribution in [3.63, 3.8) is 0 Å². The van der Waals surface area contributed by atoms with E-state index in [4.69, 9.17) is 0 Å². The van der Waals surface area contributed by atoms with Crippen LogP contribution in [-0.4, -0.2) is 0 Å². The smallest absolute Gasteiger partial charge is 0.00927 e. The van der Waals surface area contributed by atoms with Gasteiger partial charge in [-0.1, -0.05) is 45.8 Å². The summed E-state index contributed by atoms with van der Waals surface area (Å²) in [5.41, 5.74) is 2.14.